The first-order valence-corrected chi connectivity index (χ1v) is 9.10. The van der Waals surface area contributed by atoms with Crippen molar-refractivity contribution in [3.8, 4) is 17.3 Å². The first-order valence-electron chi connectivity index (χ1n) is 9.10. The molecule has 3 rings (SSSR count). The maximum atomic E-state index is 8.85. The van der Waals surface area contributed by atoms with Crippen LogP contribution in [0.15, 0.2) is 36.7 Å². The number of hydrogen-bond donors (Lipinski definition) is 0. The molecule has 1 aliphatic carbocycles. The number of benzene rings is 1. The summed E-state index contributed by atoms with van der Waals surface area (Å²) >= 11 is 0. The summed E-state index contributed by atoms with van der Waals surface area (Å²) in [5.41, 5.74) is 3.63. The van der Waals surface area contributed by atoms with Crippen LogP contribution in [0.3, 0.4) is 0 Å². The van der Waals surface area contributed by atoms with Crippen molar-refractivity contribution in [3.05, 3.63) is 47.9 Å². The van der Waals surface area contributed by atoms with Gasteiger partial charge in [0.15, 0.2) is 0 Å². The summed E-state index contributed by atoms with van der Waals surface area (Å²) in [6, 6.07) is 9.62. The Labute approximate surface area is 144 Å². The fourth-order valence-electron chi connectivity index (χ4n) is 3.63. The molecule has 3 heteroatoms. The second kappa shape index (κ2) is 8.06. The number of nitriles is 1. The highest BCUT2D eigenvalue weighted by Crippen LogP contribution is 2.32. The lowest BCUT2D eigenvalue weighted by Crippen LogP contribution is -2.14. The van der Waals surface area contributed by atoms with E-state index in [0.717, 1.165) is 35.2 Å². The number of hydrogen-bond acceptors (Lipinski definition) is 3. The van der Waals surface area contributed by atoms with Crippen LogP contribution in [0.25, 0.3) is 11.3 Å². The highest BCUT2D eigenvalue weighted by molar-refractivity contribution is 5.59. The fraction of sp³-hybridized carbons (Fsp3) is 0.476. The molecule has 1 aromatic heterocycles. The molecule has 3 nitrogen and oxygen atoms in total. The fourth-order valence-corrected chi connectivity index (χ4v) is 3.63. The van der Waals surface area contributed by atoms with E-state index in [1.807, 2.05) is 36.7 Å². The first-order chi connectivity index (χ1) is 11.8. The summed E-state index contributed by atoms with van der Waals surface area (Å²) in [7, 11) is 0. The van der Waals surface area contributed by atoms with E-state index in [1.54, 1.807) is 0 Å². The van der Waals surface area contributed by atoms with E-state index in [1.165, 1.54) is 38.5 Å². The second-order valence-corrected chi connectivity index (χ2v) is 6.92. The second-order valence-electron chi connectivity index (χ2n) is 6.92. The Bertz CT molecular complexity index is 675. The molecule has 0 saturated heterocycles. The zero-order chi connectivity index (χ0) is 16.8. The van der Waals surface area contributed by atoms with E-state index >= 15 is 0 Å². The summed E-state index contributed by atoms with van der Waals surface area (Å²) in [6.07, 6.45) is 13.0. The Hall–Kier alpha value is -2.21. The van der Waals surface area contributed by atoms with Gasteiger partial charge in [-0.05, 0) is 36.8 Å². The average Bonchev–Trinajstić information content (AvgIpc) is 2.67. The Morgan fingerprint density at radius 3 is 2.29 bits per heavy atom. The number of nitrogens with zero attached hydrogens (tertiary/aromatic N) is 3. The van der Waals surface area contributed by atoms with Gasteiger partial charge < -0.3 is 0 Å². The Morgan fingerprint density at radius 2 is 1.71 bits per heavy atom. The first kappa shape index (κ1) is 16.6. The van der Waals surface area contributed by atoms with Gasteiger partial charge in [0.2, 0.25) is 0 Å². The molecule has 0 amide bonds. The lowest BCUT2D eigenvalue weighted by molar-refractivity contribution is 0.258. The van der Waals surface area contributed by atoms with Crippen LogP contribution in [0.4, 0.5) is 0 Å². The molecular formula is C21H25N3. The molecule has 124 valence electrons. The van der Waals surface area contributed by atoms with Gasteiger partial charge in [-0.1, -0.05) is 51.2 Å². The standard InChI is InChI=1S/C21H25N3/c1-2-16-3-5-17(6-4-16)9-12-20-14-24-21(15-23-20)19-10-7-18(13-22)8-11-19/h7-8,10-11,14-17H,2-6,9,12H2,1H3/t16-,17-. The van der Waals surface area contributed by atoms with Crippen molar-refractivity contribution < 1.29 is 0 Å². The molecule has 1 saturated carbocycles. The molecule has 1 aliphatic rings. The Balaban J connectivity index is 1.54. The predicted molar refractivity (Wildman–Crippen MR) is 96.2 cm³/mol. The average molecular weight is 319 g/mol. The van der Waals surface area contributed by atoms with Crippen molar-refractivity contribution in [2.45, 2.75) is 51.9 Å². The maximum Gasteiger partial charge on any atom is 0.0991 e. The highest BCUT2D eigenvalue weighted by atomic mass is 14.8. The monoisotopic (exact) mass is 319 g/mol. The minimum Gasteiger partial charge on any atom is -0.257 e. The van der Waals surface area contributed by atoms with Crippen LogP contribution < -0.4 is 0 Å². The van der Waals surface area contributed by atoms with E-state index in [9.17, 15) is 0 Å². The van der Waals surface area contributed by atoms with Gasteiger partial charge in [-0.2, -0.15) is 5.26 Å². The summed E-state index contributed by atoms with van der Waals surface area (Å²) < 4.78 is 0. The van der Waals surface area contributed by atoms with Crippen molar-refractivity contribution in [2.75, 3.05) is 0 Å². The zero-order valence-electron chi connectivity index (χ0n) is 14.4. The molecule has 1 aromatic carbocycles. The van der Waals surface area contributed by atoms with Gasteiger partial charge in [-0.3, -0.25) is 9.97 Å². The lowest BCUT2D eigenvalue weighted by atomic mass is 9.79. The quantitative estimate of drug-likeness (QED) is 0.764. The van der Waals surface area contributed by atoms with E-state index in [-0.39, 0.29) is 0 Å². The topological polar surface area (TPSA) is 49.6 Å². The molecule has 0 spiro atoms. The molecule has 0 atom stereocenters. The highest BCUT2D eigenvalue weighted by Gasteiger charge is 2.19. The van der Waals surface area contributed by atoms with Crippen LogP contribution in [0, 0.1) is 23.2 Å². The number of aryl methyl sites for hydroxylation is 1. The van der Waals surface area contributed by atoms with E-state index in [0.29, 0.717) is 5.56 Å². The van der Waals surface area contributed by atoms with Crippen molar-refractivity contribution in [2.24, 2.45) is 11.8 Å². The van der Waals surface area contributed by atoms with Crippen LogP contribution in [-0.4, -0.2) is 9.97 Å². The molecule has 0 N–H and O–H groups in total. The third kappa shape index (κ3) is 4.20. The van der Waals surface area contributed by atoms with E-state index in [2.05, 4.69) is 23.0 Å². The van der Waals surface area contributed by atoms with Gasteiger partial charge in [0.25, 0.3) is 0 Å². The van der Waals surface area contributed by atoms with Gasteiger partial charge in [0, 0.05) is 11.8 Å². The van der Waals surface area contributed by atoms with Gasteiger partial charge >= 0.3 is 0 Å². The van der Waals surface area contributed by atoms with Gasteiger partial charge in [-0.25, -0.2) is 0 Å². The minimum absolute atomic E-state index is 0.668. The smallest absolute Gasteiger partial charge is 0.0991 e. The molecule has 0 bridgehead atoms. The normalized spacial score (nSPS) is 20.5. The van der Waals surface area contributed by atoms with Gasteiger partial charge in [0.1, 0.15) is 0 Å². The molecule has 0 unspecified atom stereocenters. The molecule has 1 heterocycles. The van der Waals surface area contributed by atoms with Crippen LogP contribution >= 0.6 is 0 Å². The van der Waals surface area contributed by atoms with Crippen LogP contribution in [0.1, 0.15) is 56.7 Å². The number of rotatable bonds is 5. The predicted octanol–water partition coefficient (Wildman–Crippen LogP) is 5.16. The molecule has 24 heavy (non-hydrogen) atoms. The number of aromatic nitrogens is 2. The largest absolute Gasteiger partial charge is 0.257 e. The van der Waals surface area contributed by atoms with Crippen LogP contribution in [0.2, 0.25) is 0 Å². The lowest BCUT2D eigenvalue weighted by Gasteiger charge is -2.27. The van der Waals surface area contributed by atoms with Gasteiger partial charge in [0.05, 0.1) is 29.2 Å². The van der Waals surface area contributed by atoms with Crippen molar-refractivity contribution >= 4 is 0 Å². The summed E-state index contributed by atoms with van der Waals surface area (Å²) in [6.45, 7) is 2.32. The minimum atomic E-state index is 0.668. The van der Waals surface area contributed by atoms with Crippen molar-refractivity contribution in [1.82, 2.24) is 9.97 Å². The van der Waals surface area contributed by atoms with Crippen LogP contribution in [0.5, 0.6) is 0 Å². The Morgan fingerprint density at radius 1 is 1.00 bits per heavy atom. The Kier molecular flexibility index (Phi) is 5.59. The van der Waals surface area contributed by atoms with Crippen molar-refractivity contribution in [3.63, 3.8) is 0 Å². The molecule has 0 radical (unpaired) electrons. The SMILES string of the molecule is CC[C@H]1CC[C@H](CCc2cnc(-c3ccc(C#N)cc3)cn2)CC1. The zero-order valence-corrected chi connectivity index (χ0v) is 14.4. The molecule has 2 aromatic rings. The van der Waals surface area contributed by atoms with Crippen molar-refractivity contribution in [1.29, 1.82) is 5.26 Å². The third-order valence-corrected chi connectivity index (χ3v) is 5.37. The molecular weight excluding hydrogens is 294 g/mol. The van der Waals surface area contributed by atoms with E-state index < -0.39 is 0 Å². The maximum absolute atomic E-state index is 8.85. The van der Waals surface area contributed by atoms with E-state index in [4.69, 9.17) is 5.26 Å². The van der Waals surface area contributed by atoms with Gasteiger partial charge in [-0.15, -0.1) is 0 Å². The summed E-state index contributed by atoms with van der Waals surface area (Å²) in [5.74, 6) is 1.83. The molecule has 0 aliphatic heterocycles. The summed E-state index contributed by atoms with van der Waals surface area (Å²) in [5, 5.41) is 8.85. The third-order valence-electron chi connectivity index (χ3n) is 5.37. The summed E-state index contributed by atoms with van der Waals surface area (Å²) in [4.78, 5) is 9.13. The van der Waals surface area contributed by atoms with Crippen LogP contribution in [-0.2, 0) is 6.42 Å². The molecule has 1 fully saturated rings.